The van der Waals surface area contributed by atoms with Gasteiger partial charge in [-0.15, -0.1) is 0 Å². The Morgan fingerprint density at radius 1 is 1.09 bits per heavy atom. The van der Waals surface area contributed by atoms with Gasteiger partial charge in [-0.25, -0.2) is 4.79 Å². The molecule has 1 atom stereocenters. The highest BCUT2D eigenvalue weighted by Crippen LogP contribution is 2.12. The number of nitrogens with one attached hydrogen (secondary N) is 1. The van der Waals surface area contributed by atoms with Crippen LogP contribution in [0.3, 0.4) is 0 Å². The first-order valence-corrected chi connectivity index (χ1v) is 8.07. The number of ether oxygens (including phenoxy) is 1. The van der Waals surface area contributed by atoms with Gasteiger partial charge in [-0.05, 0) is 46.7 Å². The monoisotopic (exact) mass is 313 g/mol. The van der Waals surface area contributed by atoms with Crippen molar-refractivity contribution in [1.29, 1.82) is 0 Å². The van der Waals surface area contributed by atoms with Crippen LogP contribution in [0.15, 0.2) is 0 Å². The zero-order valence-electron chi connectivity index (χ0n) is 14.8. The molecule has 0 aromatic carbocycles. The fourth-order valence-electron chi connectivity index (χ4n) is 2.41. The van der Waals surface area contributed by atoms with E-state index in [2.05, 4.69) is 17.3 Å². The van der Waals surface area contributed by atoms with Crippen molar-refractivity contribution in [1.82, 2.24) is 15.1 Å². The van der Waals surface area contributed by atoms with Gasteiger partial charge >= 0.3 is 6.09 Å². The molecule has 128 valence electrons. The molecule has 1 unspecified atom stereocenters. The number of nitrogens with zero attached hydrogens (tertiary/aromatic N) is 2. The van der Waals surface area contributed by atoms with Crippen molar-refractivity contribution in [3.63, 3.8) is 0 Å². The van der Waals surface area contributed by atoms with E-state index in [1.807, 2.05) is 39.5 Å². The van der Waals surface area contributed by atoms with Gasteiger partial charge in [0.15, 0.2) is 0 Å². The van der Waals surface area contributed by atoms with Crippen LogP contribution in [0.1, 0.15) is 41.0 Å². The molecule has 0 aliphatic carbocycles. The smallest absolute Gasteiger partial charge is 0.408 e. The molecule has 1 fully saturated rings. The van der Waals surface area contributed by atoms with Gasteiger partial charge in [0.25, 0.3) is 0 Å². The SMILES string of the molecule is CC(C)C(NC(=O)OC(C)(C)C)C(=O)N1CCCN(C)CC1. The van der Waals surface area contributed by atoms with E-state index in [0.717, 1.165) is 26.1 Å². The number of carbonyl (C=O) groups excluding carboxylic acids is 2. The summed E-state index contributed by atoms with van der Waals surface area (Å²) >= 11 is 0. The number of carbonyl (C=O) groups is 2. The molecular weight excluding hydrogens is 282 g/mol. The highest BCUT2D eigenvalue weighted by atomic mass is 16.6. The molecule has 0 aromatic rings. The van der Waals surface area contributed by atoms with Crippen LogP contribution in [0.2, 0.25) is 0 Å². The van der Waals surface area contributed by atoms with E-state index < -0.39 is 17.7 Å². The number of rotatable bonds is 3. The summed E-state index contributed by atoms with van der Waals surface area (Å²) in [4.78, 5) is 28.8. The third-order valence-electron chi connectivity index (χ3n) is 3.64. The maximum Gasteiger partial charge on any atom is 0.408 e. The van der Waals surface area contributed by atoms with E-state index >= 15 is 0 Å². The van der Waals surface area contributed by atoms with Crippen molar-refractivity contribution < 1.29 is 14.3 Å². The van der Waals surface area contributed by atoms with E-state index in [9.17, 15) is 9.59 Å². The summed E-state index contributed by atoms with van der Waals surface area (Å²) in [7, 11) is 2.06. The molecule has 2 amide bonds. The number of alkyl carbamates (subject to hydrolysis) is 1. The predicted molar refractivity (Wildman–Crippen MR) is 86.7 cm³/mol. The maximum absolute atomic E-state index is 12.7. The standard InChI is InChI=1S/C16H31N3O3/c1-12(2)13(17-15(21)22-16(3,4)5)14(20)19-9-7-8-18(6)10-11-19/h12-13H,7-11H2,1-6H3,(H,17,21). The quantitative estimate of drug-likeness (QED) is 0.861. The van der Waals surface area contributed by atoms with Crippen molar-refractivity contribution in [3.8, 4) is 0 Å². The molecule has 1 saturated heterocycles. The van der Waals surface area contributed by atoms with Crippen LogP contribution in [0.4, 0.5) is 4.79 Å². The minimum absolute atomic E-state index is 0.0148. The first-order valence-electron chi connectivity index (χ1n) is 8.07. The third kappa shape index (κ3) is 6.22. The minimum Gasteiger partial charge on any atom is -0.444 e. The van der Waals surface area contributed by atoms with E-state index in [1.54, 1.807) is 0 Å². The molecule has 0 saturated carbocycles. The average molecular weight is 313 g/mol. The van der Waals surface area contributed by atoms with Crippen LogP contribution in [0.25, 0.3) is 0 Å². The van der Waals surface area contributed by atoms with Crippen LogP contribution in [0, 0.1) is 5.92 Å². The summed E-state index contributed by atoms with van der Waals surface area (Å²) in [6.07, 6.45) is 0.422. The summed E-state index contributed by atoms with van der Waals surface area (Å²) in [6.45, 7) is 12.6. The summed E-state index contributed by atoms with van der Waals surface area (Å²) in [5.41, 5.74) is -0.569. The van der Waals surface area contributed by atoms with E-state index in [1.165, 1.54) is 0 Å². The van der Waals surface area contributed by atoms with Crippen LogP contribution >= 0.6 is 0 Å². The van der Waals surface area contributed by atoms with Crippen molar-refractivity contribution in [3.05, 3.63) is 0 Å². The molecule has 1 aliphatic heterocycles. The van der Waals surface area contributed by atoms with Gasteiger partial charge in [-0.1, -0.05) is 13.8 Å². The van der Waals surface area contributed by atoms with Crippen LogP contribution in [-0.2, 0) is 9.53 Å². The van der Waals surface area contributed by atoms with Gasteiger partial charge in [0.2, 0.25) is 5.91 Å². The highest BCUT2D eigenvalue weighted by Gasteiger charge is 2.30. The van der Waals surface area contributed by atoms with Crippen molar-refractivity contribution in [2.24, 2.45) is 5.92 Å². The largest absolute Gasteiger partial charge is 0.444 e. The lowest BCUT2D eigenvalue weighted by atomic mass is 10.0. The van der Waals surface area contributed by atoms with Gasteiger partial charge in [-0.2, -0.15) is 0 Å². The molecule has 0 bridgehead atoms. The van der Waals surface area contributed by atoms with Crippen LogP contribution in [0.5, 0.6) is 0 Å². The summed E-state index contributed by atoms with van der Waals surface area (Å²) in [6, 6.07) is -0.543. The van der Waals surface area contributed by atoms with E-state index in [0.29, 0.717) is 6.54 Å². The molecule has 6 nitrogen and oxygen atoms in total. The third-order valence-corrected chi connectivity index (χ3v) is 3.64. The molecule has 0 radical (unpaired) electrons. The topological polar surface area (TPSA) is 61.9 Å². The Balaban J connectivity index is 2.69. The number of likely N-dealkylation sites (N-methyl/N-ethyl adjacent to an activating group) is 1. The first-order chi connectivity index (χ1) is 10.1. The normalized spacial score (nSPS) is 18.8. The average Bonchev–Trinajstić information content (AvgIpc) is 2.57. The van der Waals surface area contributed by atoms with Crippen molar-refractivity contribution >= 4 is 12.0 Å². The minimum atomic E-state index is -0.569. The van der Waals surface area contributed by atoms with Gasteiger partial charge in [0, 0.05) is 19.6 Å². The van der Waals surface area contributed by atoms with Gasteiger partial charge in [0.05, 0.1) is 0 Å². The Hall–Kier alpha value is -1.30. The Labute approximate surface area is 134 Å². The van der Waals surface area contributed by atoms with Gasteiger partial charge in [0.1, 0.15) is 11.6 Å². The molecule has 22 heavy (non-hydrogen) atoms. The zero-order chi connectivity index (χ0) is 16.9. The van der Waals surface area contributed by atoms with E-state index in [4.69, 9.17) is 4.74 Å². The second-order valence-electron chi connectivity index (χ2n) is 7.35. The van der Waals surface area contributed by atoms with Crippen LogP contribution in [-0.4, -0.2) is 66.7 Å². The molecule has 0 aromatic heterocycles. The molecule has 1 aliphatic rings. The molecule has 1 heterocycles. The predicted octanol–water partition coefficient (Wildman–Crippen LogP) is 1.70. The lowest BCUT2D eigenvalue weighted by Gasteiger charge is -2.30. The molecule has 0 spiro atoms. The van der Waals surface area contributed by atoms with Gasteiger partial charge < -0.3 is 19.9 Å². The molecular formula is C16H31N3O3. The molecule has 1 rings (SSSR count). The Bertz CT molecular complexity index is 391. The lowest BCUT2D eigenvalue weighted by Crippen LogP contribution is -2.52. The van der Waals surface area contributed by atoms with Gasteiger partial charge in [-0.3, -0.25) is 4.79 Å². The fourth-order valence-corrected chi connectivity index (χ4v) is 2.41. The maximum atomic E-state index is 12.7. The second-order valence-corrected chi connectivity index (χ2v) is 7.35. The van der Waals surface area contributed by atoms with Crippen LogP contribution < -0.4 is 5.32 Å². The fraction of sp³-hybridized carbons (Fsp3) is 0.875. The Morgan fingerprint density at radius 2 is 1.73 bits per heavy atom. The summed E-state index contributed by atoms with van der Waals surface area (Å²) in [5, 5.41) is 2.74. The lowest BCUT2D eigenvalue weighted by molar-refractivity contribution is -0.134. The van der Waals surface area contributed by atoms with Crippen molar-refractivity contribution in [2.75, 3.05) is 33.2 Å². The second kappa shape index (κ2) is 7.81. The van der Waals surface area contributed by atoms with Crippen molar-refractivity contribution in [2.45, 2.75) is 52.7 Å². The Morgan fingerprint density at radius 3 is 2.27 bits per heavy atom. The number of hydrogen-bond donors (Lipinski definition) is 1. The summed E-state index contributed by atoms with van der Waals surface area (Å²) in [5.74, 6) is -0.00263. The Kier molecular flexibility index (Phi) is 6.66. The van der Waals surface area contributed by atoms with E-state index in [-0.39, 0.29) is 11.8 Å². The number of amides is 2. The molecule has 1 N–H and O–H groups in total. The highest BCUT2D eigenvalue weighted by molar-refractivity contribution is 5.86. The first kappa shape index (κ1) is 18.7. The number of hydrogen-bond acceptors (Lipinski definition) is 4. The molecule has 6 heteroatoms. The summed E-state index contributed by atoms with van der Waals surface area (Å²) < 4.78 is 5.27. The zero-order valence-corrected chi connectivity index (χ0v) is 14.8.